The van der Waals surface area contributed by atoms with Gasteiger partial charge >= 0.3 is 6.18 Å². The van der Waals surface area contributed by atoms with Crippen molar-refractivity contribution in [2.45, 2.75) is 45.4 Å². The summed E-state index contributed by atoms with van der Waals surface area (Å²) >= 11 is 0. The highest BCUT2D eigenvalue weighted by atomic mass is 19.4. The average Bonchev–Trinajstić information content (AvgIpc) is 2.54. The Hall–Kier alpha value is -2.50. The van der Waals surface area contributed by atoms with E-state index in [9.17, 15) is 18.0 Å². The monoisotopic (exact) mass is 365 g/mol. The van der Waals surface area contributed by atoms with Crippen molar-refractivity contribution >= 4 is 11.6 Å². The van der Waals surface area contributed by atoms with E-state index in [4.69, 9.17) is 4.74 Å². The molecule has 140 valence electrons. The van der Waals surface area contributed by atoms with Crippen molar-refractivity contribution in [1.82, 2.24) is 0 Å². The Labute approximate surface area is 151 Å². The normalized spacial score (nSPS) is 13.2. The van der Waals surface area contributed by atoms with E-state index in [0.29, 0.717) is 5.75 Å². The standard InChI is InChI=1S/C20H22F3NO2/c1-13(26-17-11-7-14(8-12-17)19(2,3)4)18(25)24-16-9-5-15(6-10-16)20(21,22)23/h5-13H,1-4H3,(H,24,25)/t13-/m1/s1. The molecule has 0 unspecified atom stereocenters. The van der Waals surface area contributed by atoms with E-state index >= 15 is 0 Å². The van der Waals surface area contributed by atoms with E-state index in [1.165, 1.54) is 12.1 Å². The first kappa shape index (κ1) is 19.8. The predicted octanol–water partition coefficient (Wildman–Crippen LogP) is 5.41. The molecule has 26 heavy (non-hydrogen) atoms. The van der Waals surface area contributed by atoms with E-state index in [1.807, 2.05) is 12.1 Å². The summed E-state index contributed by atoms with van der Waals surface area (Å²) < 4.78 is 43.2. The van der Waals surface area contributed by atoms with E-state index in [0.717, 1.165) is 17.7 Å². The summed E-state index contributed by atoms with van der Waals surface area (Å²) in [4.78, 5) is 12.2. The van der Waals surface area contributed by atoms with Gasteiger partial charge in [0.2, 0.25) is 0 Å². The Morgan fingerprint density at radius 1 is 0.923 bits per heavy atom. The summed E-state index contributed by atoms with van der Waals surface area (Å²) in [6, 6.07) is 11.7. The fraction of sp³-hybridized carbons (Fsp3) is 0.350. The Morgan fingerprint density at radius 2 is 1.42 bits per heavy atom. The topological polar surface area (TPSA) is 38.3 Å². The average molecular weight is 365 g/mol. The first-order valence-electron chi connectivity index (χ1n) is 8.22. The predicted molar refractivity (Wildman–Crippen MR) is 95.3 cm³/mol. The molecular formula is C20H22F3NO2. The molecule has 0 aliphatic carbocycles. The number of benzene rings is 2. The first-order chi connectivity index (χ1) is 12.0. The second-order valence-corrected chi connectivity index (χ2v) is 7.10. The molecule has 2 aromatic carbocycles. The van der Waals surface area contributed by atoms with Gasteiger partial charge in [0.25, 0.3) is 5.91 Å². The Bertz CT molecular complexity index is 745. The Morgan fingerprint density at radius 3 is 1.88 bits per heavy atom. The van der Waals surface area contributed by atoms with E-state index < -0.39 is 23.8 Å². The molecule has 0 heterocycles. The zero-order valence-electron chi connectivity index (χ0n) is 15.1. The number of anilines is 1. The number of carbonyl (C=O) groups excluding carboxylic acids is 1. The molecule has 6 heteroatoms. The summed E-state index contributed by atoms with van der Waals surface area (Å²) in [5.41, 5.74) is 0.677. The first-order valence-corrected chi connectivity index (χ1v) is 8.22. The number of nitrogens with one attached hydrogen (secondary N) is 1. The largest absolute Gasteiger partial charge is 0.481 e. The Balaban J connectivity index is 1.97. The number of alkyl halides is 3. The van der Waals surface area contributed by atoms with Gasteiger partial charge in [-0.3, -0.25) is 4.79 Å². The molecule has 1 atom stereocenters. The third-order valence-corrected chi connectivity index (χ3v) is 3.88. The second-order valence-electron chi connectivity index (χ2n) is 7.10. The lowest BCUT2D eigenvalue weighted by molar-refractivity contribution is -0.137. The van der Waals surface area contributed by atoms with Crippen molar-refractivity contribution < 1.29 is 22.7 Å². The number of halogens is 3. The van der Waals surface area contributed by atoms with Crippen LogP contribution in [-0.4, -0.2) is 12.0 Å². The smallest absolute Gasteiger partial charge is 0.416 e. The maximum absolute atomic E-state index is 12.5. The van der Waals surface area contributed by atoms with Crippen LogP contribution in [0.15, 0.2) is 48.5 Å². The van der Waals surface area contributed by atoms with Crippen LogP contribution in [-0.2, 0) is 16.4 Å². The van der Waals surface area contributed by atoms with Crippen LogP contribution in [0.25, 0.3) is 0 Å². The highest BCUT2D eigenvalue weighted by molar-refractivity contribution is 5.94. The van der Waals surface area contributed by atoms with Crippen LogP contribution >= 0.6 is 0 Å². The molecule has 2 aromatic rings. The van der Waals surface area contributed by atoms with Gasteiger partial charge in [-0.15, -0.1) is 0 Å². The zero-order valence-corrected chi connectivity index (χ0v) is 15.1. The van der Waals surface area contributed by atoms with Crippen molar-refractivity contribution in [1.29, 1.82) is 0 Å². The minimum absolute atomic E-state index is 0.0180. The number of carbonyl (C=O) groups is 1. The van der Waals surface area contributed by atoms with Gasteiger partial charge in [0, 0.05) is 5.69 Å². The second kappa shape index (κ2) is 7.40. The van der Waals surface area contributed by atoms with Crippen molar-refractivity contribution in [3.05, 3.63) is 59.7 Å². The third kappa shape index (κ3) is 5.25. The lowest BCUT2D eigenvalue weighted by atomic mass is 9.87. The van der Waals surface area contributed by atoms with Gasteiger partial charge < -0.3 is 10.1 Å². The lowest BCUT2D eigenvalue weighted by Gasteiger charge is -2.20. The SMILES string of the molecule is C[C@@H](Oc1ccc(C(C)(C)C)cc1)C(=O)Nc1ccc(C(F)(F)F)cc1. The molecule has 0 fully saturated rings. The van der Waals surface area contributed by atoms with Crippen LogP contribution in [0.3, 0.4) is 0 Å². The molecule has 1 amide bonds. The summed E-state index contributed by atoms with van der Waals surface area (Å²) in [7, 11) is 0. The number of hydrogen-bond donors (Lipinski definition) is 1. The van der Waals surface area contributed by atoms with Crippen LogP contribution in [0.5, 0.6) is 5.75 Å². The minimum Gasteiger partial charge on any atom is -0.481 e. The molecule has 0 aromatic heterocycles. The molecule has 0 aliphatic rings. The maximum Gasteiger partial charge on any atom is 0.416 e. The highest BCUT2D eigenvalue weighted by Gasteiger charge is 2.30. The van der Waals surface area contributed by atoms with Gasteiger partial charge in [0.05, 0.1) is 5.56 Å². The summed E-state index contributed by atoms with van der Waals surface area (Å²) in [6.07, 6.45) is -5.20. The molecule has 0 bridgehead atoms. The molecule has 1 N–H and O–H groups in total. The molecule has 0 radical (unpaired) electrons. The van der Waals surface area contributed by atoms with Gasteiger partial charge in [-0.2, -0.15) is 13.2 Å². The van der Waals surface area contributed by atoms with E-state index in [1.54, 1.807) is 19.1 Å². The summed E-state index contributed by atoms with van der Waals surface area (Å²) in [5, 5.41) is 2.54. The van der Waals surface area contributed by atoms with Crippen molar-refractivity contribution in [3.63, 3.8) is 0 Å². The van der Waals surface area contributed by atoms with Crippen molar-refractivity contribution in [2.75, 3.05) is 5.32 Å². The van der Waals surface area contributed by atoms with E-state index in [2.05, 4.69) is 26.1 Å². The quantitative estimate of drug-likeness (QED) is 0.787. The maximum atomic E-state index is 12.5. The molecule has 0 aliphatic heterocycles. The van der Waals surface area contributed by atoms with Crippen LogP contribution in [0.1, 0.15) is 38.8 Å². The van der Waals surface area contributed by atoms with Gasteiger partial charge in [0.15, 0.2) is 6.10 Å². The van der Waals surface area contributed by atoms with Gasteiger partial charge in [0.1, 0.15) is 5.75 Å². The number of hydrogen-bond acceptors (Lipinski definition) is 2. The number of ether oxygens (including phenoxy) is 1. The molecule has 0 spiro atoms. The van der Waals surface area contributed by atoms with Crippen LogP contribution < -0.4 is 10.1 Å². The molecule has 0 saturated heterocycles. The van der Waals surface area contributed by atoms with Gasteiger partial charge in [-0.05, 0) is 54.3 Å². The van der Waals surface area contributed by atoms with E-state index in [-0.39, 0.29) is 11.1 Å². The summed E-state index contributed by atoms with van der Waals surface area (Å²) in [6.45, 7) is 7.88. The zero-order chi connectivity index (χ0) is 19.5. The van der Waals surface area contributed by atoms with Crippen LogP contribution in [0.4, 0.5) is 18.9 Å². The molecule has 2 rings (SSSR count). The van der Waals surface area contributed by atoms with Crippen LogP contribution in [0.2, 0.25) is 0 Å². The fourth-order valence-electron chi connectivity index (χ4n) is 2.28. The van der Waals surface area contributed by atoms with Crippen molar-refractivity contribution in [3.8, 4) is 5.75 Å². The Kier molecular flexibility index (Phi) is 5.64. The third-order valence-electron chi connectivity index (χ3n) is 3.88. The fourth-order valence-corrected chi connectivity index (χ4v) is 2.28. The van der Waals surface area contributed by atoms with Gasteiger partial charge in [-0.25, -0.2) is 0 Å². The lowest BCUT2D eigenvalue weighted by Crippen LogP contribution is -2.30. The number of amides is 1. The molecular weight excluding hydrogens is 343 g/mol. The number of rotatable bonds is 4. The van der Waals surface area contributed by atoms with Gasteiger partial charge in [-0.1, -0.05) is 32.9 Å². The molecule has 3 nitrogen and oxygen atoms in total. The summed E-state index contributed by atoms with van der Waals surface area (Å²) in [5.74, 6) is 0.109. The van der Waals surface area contributed by atoms with Crippen molar-refractivity contribution in [2.24, 2.45) is 0 Å². The highest BCUT2D eigenvalue weighted by Crippen LogP contribution is 2.30. The molecule has 0 saturated carbocycles. The van der Waals surface area contributed by atoms with Crippen LogP contribution in [0, 0.1) is 0 Å². The minimum atomic E-state index is -4.40.